The van der Waals surface area contributed by atoms with Crippen molar-refractivity contribution in [1.29, 1.82) is 0 Å². The molecule has 0 radical (unpaired) electrons. The molecule has 0 bridgehead atoms. The molecule has 0 aliphatic rings. The lowest BCUT2D eigenvalue weighted by molar-refractivity contribution is 0.0946. The quantitative estimate of drug-likeness (QED) is 0.686. The highest BCUT2D eigenvalue weighted by atomic mass is 32.1. The zero-order valence-corrected chi connectivity index (χ0v) is 11.6. The van der Waals surface area contributed by atoms with Gasteiger partial charge in [-0.05, 0) is 13.0 Å². The molecule has 3 rings (SSSR count). The number of rotatable bonds is 4. The number of nitrogens with zero attached hydrogens (tertiary/aromatic N) is 2. The van der Waals surface area contributed by atoms with E-state index in [4.69, 9.17) is 0 Å². The summed E-state index contributed by atoms with van der Waals surface area (Å²) in [6.07, 6.45) is 5.22. The predicted octanol–water partition coefficient (Wildman–Crippen LogP) is 2.10. The summed E-state index contributed by atoms with van der Waals surface area (Å²) in [6.45, 7) is 2.40. The average Bonchev–Trinajstić information content (AvgIpc) is 3.16. The normalized spacial score (nSPS) is 10.7. The molecule has 0 unspecified atom stereocenters. The zero-order chi connectivity index (χ0) is 13.9. The van der Waals surface area contributed by atoms with Crippen LogP contribution in [0.15, 0.2) is 30.0 Å². The first kappa shape index (κ1) is 12.6. The number of carbonyl (C=O) groups is 1. The molecule has 3 aromatic heterocycles. The SMILES string of the molecule is Cc1nc(-c2c[nH]c(C(=O)NCc3cn[nH]c3)c2)cs1. The summed E-state index contributed by atoms with van der Waals surface area (Å²) in [5.41, 5.74) is 3.26. The Morgan fingerprint density at radius 1 is 1.45 bits per heavy atom. The molecule has 6 nitrogen and oxygen atoms in total. The maximum Gasteiger partial charge on any atom is 0.267 e. The van der Waals surface area contributed by atoms with Crippen molar-refractivity contribution < 1.29 is 4.79 Å². The molecule has 0 atom stereocenters. The van der Waals surface area contributed by atoms with Crippen molar-refractivity contribution in [2.45, 2.75) is 13.5 Å². The number of carbonyl (C=O) groups excluding carboxylic acids is 1. The van der Waals surface area contributed by atoms with E-state index < -0.39 is 0 Å². The molecule has 20 heavy (non-hydrogen) atoms. The lowest BCUT2D eigenvalue weighted by atomic mass is 10.2. The lowest BCUT2D eigenvalue weighted by Crippen LogP contribution is -2.22. The molecule has 3 heterocycles. The van der Waals surface area contributed by atoms with Crippen LogP contribution in [0.5, 0.6) is 0 Å². The number of thiazole rings is 1. The molecule has 1 amide bonds. The molecule has 3 N–H and O–H groups in total. The minimum atomic E-state index is -0.149. The van der Waals surface area contributed by atoms with E-state index in [1.165, 1.54) is 0 Å². The molecular weight excluding hydrogens is 274 g/mol. The number of aromatic amines is 2. The first-order valence-electron chi connectivity index (χ1n) is 6.09. The van der Waals surface area contributed by atoms with Crippen LogP contribution in [0.4, 0.5) is 0 Å². The number of nitrogens with one attached hydrogen (secondary N) is 3. The largest absolute Gasteiger partial charge is 0.357 e. The van der Waals surface area contributed by atoms with Gasteiger partial charge in [-0.25, -0.2) is 4.98 Å². The van der Waals surface area contributed by atoms with Crippen LogP contribution >= 0.6 is 11.3 Å². The highest BCUT2D eigenvalue weighted by Gasteiger charge is 2.11. The molecule has 0 saturated carbocycles. The second kappa shape index (κ2) is 5.30. The predicted molar refractivity (Wildman–Crippen MR) is 76.4 cm³/mol. The fraction of sp³-hybridized carbons (Fsp3) is 0.154. The Bertz CT molecular complexity index is 713. The van der Waals surface area contributed by atoms with Crippen LogP contribution in [-0.4, -0.2) is 26.1 Å². The van der Waals surface area contributed by atoms with Crippen molar-refractivity contribution >= 4 is 17.2 Å². The van der Waals surface area contributed by atoms with Gasteiger partial charge in [0, 0.05) is 35.4 Å². The number of amides is 1. The summed E-state index contributed by atoms with van der Waals surface area (Å²) in [5, 5.41) is 12.3. The van der Waals surface area contributed by atoms with E-state index in [-0.39, 0.29) is 5.91 Å². The Labute approximate surface area is 119 Å². The fourth-order valence-electron chi connectivity index (χ4n) is 1.82. The third-order valence-corrected chi connectivity index (χ3v) is 3.62. The van der Waals surface area contributed by atoms with Crippen molar-refractivity contribution in [2.24, 2.45) is 0 Å². The fourth-order valence-corrected chi connectivity index (χ4v) is 2.44. The van der Waals surface area contributed by atoms with E-state index in [0.29, 0.717) is 12.2 Å². The van der Waals surface area contributed by atoms with E-state index in [0.717, 1.165) is 21.8 Å². The Kier molecular flexibility index (Phi) is 3.34. The summed E-state index contributed by atoms with van der Waals surface area (Å²) in [6, 6.07) is 1.80. The Morgan fingerprint density at radius 3 is 3.05 bits per heavy atom. The summed E-state index contributed by atoms with van der Waals surface area (Å²) in [5.74, 6) is -0.149. The van der Waals surface area contributed by atoms with Gasteiger partial charge in [0.1, 0.15) is 5.69 Å². The number of hydrogen-bond donors (Lipinski definition) is 3. The van der Waals surface area contributed by atoms with Gasteiger partial charge >= 0.3 is 0 Å². The monoisotopic (exact) mass is 287 g/mol. The van der Waals surface area contributed by atoms with Crippen molar-refractivity contribution in [3.05, 3.63) is 46.3 Å². The maximum absolute atomic E-state index is 12.0. The van der Waals surface area contributed by atoms with E-state index in [9.17, 15) is 4.79 Å². The molecule has 3 aromatic rings. The minimum absolute atomic E-state index is 0.149. The second-order valence-corrected chi connectivity index (χ2v) is 5.41. The van der Waals surface area contributed by atoms with Gasteiger partial charge in [0.25, 0.3) is 5.91 Å². The Morgan fingerprint density at radius 2 is 2.35 bits per heavy atom. The highest BCUT2D eigenvalue weighted by molar-refractivity contribution is 7.09. The van der Waals surface area contributed by atoms with Gasteiger partial charge in [0.05, 0.1) is 16.9 Å². The van der Waals surface area contributed by atoms with E-state index in [1.54, 1.807) is 36.0 Å². The minimum Gasteiger partial charge on any atom is -0.357 e. The van der Waals surface area contributed by atoms with E-state index in [2.05, 4.69) is 25.5 Å². The Hall–Kier alpha value is -2.41. The average molecular weight is 287 g/mol. The van der Waals surface area contributed by atoms with Crippen molar-refractivity contribution in [2.75, 3.05) is 0 Å². The summed E-state index contributed by atoms with van der Waals surface area (Å²) in [4.78, 5) is 19.4. The van der Waals surface area contributed by atoms with Gasteiger partial charge < -0.3 is 10.3 Å². The third-order valence-electron chi connectivity index (χ3n) is 2.85. The smallest absolute Gasteiger partial charge is 0.267 e. The van der Waals surface area contributed by atoms with Gasteiger partial charge in [-0.1, -0.05) is 0 Å². The first-order valence-corrected chi connectivity index (χ1v) is 6.97. The molecule has 0 aliphatic heterocycles. The van der Waals surface area contributed by atoms with E-state index in [1.807, 2.05) is 12.3 Å². The molecule has 0 aliphatic carbocycles. The summed E-state index contributed by atoms with van der Waals surface area (Å²) >= 11 is 1.59. The van der Waals surface area contributed by atoms with Crippen LogP contribution in [0, 0.1) is 6.92 Å². The standard InChI is InChI=1S/C13H13N5OS/c1-8-18-12(7-20-8)10-2-11(14-6-10)13(19)15-3-9-4-16-17-5-9/h2,4-7,14H,3H2,1H3,(H,15,19)(H,16,17). The number of H-pyrrole nitrogens is 2. The molecule has 102 valence electrons. The van der Waals surface area contributed by atoms with Crippen molar-refractivity contribution in [3.8, 4) is 11.3 Å². The molecule has 7 heteroatoms. The molecule has 0 aromatic carbocycles. The number of aromatic nitrogens is 4. The zero-order valence-electron chi connectivity index (χ0n) is 10.8. The molecule has 0 saturated heterocycles. The topological polar surface area (TPSA) is 86.5 Å². The van der Waals surface area contributed by atoms with Crippen LogP contribution in [0.3, 0.4) is 0 Å². The van der Waals surface area contributed by atoms with Crippen molar-refractivity contribution in [3.63, 3.8) is 0 Å². The maximum atomic E-state index is 12.0. The second-order valence-electron chi connectivity index (χ2n) is 4.34. The molecular formula is C13H13N5OS. The van der Waals surface area contributed by atoms with E-state index >= 15 is 0 Å². The van der Waals surface area contributed by atoms with Gasteiger partial charge in [-0.3, -0.25) is 9.89 Å². The number of aryl methyl sites for hydroxylation is 1. The first-order chi connectivity index (χ1) is 9.72. The summed E-state index contributed by atoms with van der Waals surface area (Å²) in [7, 11) is 0. The van der Waals surface area contributed by atoms with Crippen LogP contribution in [0.25, 0.3) is 11.3 Å². The Balaban J connectivity index is 1.68. The van der Waals surface area contributed by atoms with Crippen LogP contribution < -0.4 is 5.32 Å². The van der Waals surface area contributed by atoms with Gasteiger partial charge in [0.2, 0.25) is 0 Å². The third kappa shape index (κ3) is 2.62. The van der Waals surface area contributed by atoms with Gasteiger partial charge in [0.15, 0.2) is 0 Å². The molecule has 0 spiro atoms. The summed E-state index contributed by atoms with van der Waals surface area (Å²) < 4.78 is 0. The van der Waals surface area contributed by atoms with Gasteiger partial charge in [-0.2, -0.15) is 5.10 Å². The highest BCUT2D eigenvalue weighted by Crippen LogP contribution is 2.22. The van der Waals surface area contributed by atoms with Crippen molar-refractivity contribution in [1.82, 2.24) is 25.5 Å². The van der Waals surface area contributed by atoms with Crippen LogP contribution in [0.2, 0.25) is 0 Å². The number of hydrogen-bond acceptors (Lipinski definition) is 4. The van der Waals surface area contributed by atoms with Crippen LogP contribution in [0.1, 0.15) is 21.1 Å². The van der Waals surface area contributed by atoms with Crippen LogP contribution in [-0.2, 0) is 6.54 Å². The van der Waals surface area contributed by atoms with Gasteiger partial charge in [-0.15, -0.1) is 11.3 Å². The lowest BCUT2D eigenvalue weighted by Gasteiger charge is -2.00. The molecule has 0 fully saturated rings.